The van der Waals surface area contributed by atoms with E-state index in [1.54, 1.807) is 0 Å². The van der Waals surface area contributed by atoms with E-state index < -0.39 is 0 Å². The summed E-state index contributed by atoms with van der Waals surface area (Å²) in [5, 5.41) is 8.50. The Kier molecular flexibility index (Phi) is 5.78. The zero-order chi connectivity index (χ0) is 33.9. The first-order chi connectivity index (χ1) is 25.8. The van der Waals surface area contributed by atoms with Crippen LogP contribution in [-0.4, -0.2) is 14.5 Å². The Hall–Kier alpha value is -6.34. The van der Waals surface area contributed by atoms with E-state index in [4.69, 9.17) is 14.4 Å². The van der Waals surface area contributed by atoms with Gasteiger partial charge in [0.05, 0.1) is 15.7 Å². The highest BCUT2D eigenvalue weighted by molar-refractivity contribution is 7.26. The molecule has 52 heavy (non-hydrogen) atoms. The Morgan fingerprint density at radius 1 is 0.519 bits per heavy atom. The number of rotatable bonds is 3. The van der Waals surface area contributed by atoms with E-state index in [1.165, 1.54) is 62.2 Å². The summed E-state index contributed by atoms with van der Waals surface area (Å²) in [6, 6.07) is 54.0. The third-order valence-electron chi connectivity index (χ3n) is 10.4. The maximum Gasteiger partial charge on any atom is 0.180 e. The molecule has 5 heterocycles. The van der Waals surface area contributed by atoms with Crippen molar-refractivity contribution in [1.29, 1.82) is 0 Å². The van der Waals surface area contributed by atoms with Crippen molar-refractivity contribution < 1.29 is 4.42 Å². The van der Waals surface area contributed by atoms with Crippen LogP contribution in [0.25, 0.3) is 113 Å². The Labute approximate surface area is 304 Å². The summed E-state index contributed by atoms with van der Waals surface area (Å²) in [6.45, 7) is 0. The van der Waals surface area contributed by atoms with Crippen LogP contribution in [0, 0.1) is 0 Å². The van der Waals surface area contributed by atoms with Gasteiger partial charge in [-0.3, -0.25) is 0 Å². The minimum Gasteiger partial charge on any atom is -0.452 e. The molecule has 0 saturated carbocycles. The maximum atomic E-state index is 6.42. The van der Waals surface area contributed by atoms with Crippen LogP contribution in [0.2, 0.25) is 0 Å². The molecule has 0 atom stereocenters. The third-order valence-corrected chi connectivity index (χ3v) is 12.8. The molecule has 0 fully saturated rings. The van der Waals surface area contributed by atoms with Crippen molar-refractivity contribution in [3.05, 3.63) is 152 Å². The van der Waals surface area contributed by atoms with Crippen LogP contribution in [0.3, 0.4) is 0 Å². The molecule has 0 unspecified atom stereocenters. The Bertz CT molecular complexity index is 3420. The molecule has 0 bridgehead atoms. The molecule has 12 aromatic rings. The molecule has 4 nitrogen and oxygen atoms in total. The summed E-state index contributed by atoms with van der Waals surface area (Å²) < 4.78 is 14.0. The number of hydrogen-bond donors (Lipinski definition) is 0. The van der Waals surface area contributed by atoms with Gasteiger partial charge in [0, 0.05) is 68.6 Å². The Balaban J connectivity index is 1.16. The van der Waals surface area contributed by atoms with Crippen LogP contribution in [0.1, 0.15) is 0 Å². The van der Waals surface area contributed by atoms with Gasteiger partial charge in [-0.2, -0.15) is 0 Å². The topological polar surface area (TPSA) is 43.9 Å². The highest BCUT2D eigenvalue weighted by atomic mass is 32.1. The Morgan fingerprint density at radius 3 is 2.19 bits per heavy atom. The second kappa shape index (κ2) is 10.6. The van der Waals surface area contributed by atoms with Crippen LogP contribution >= 0.6 is 22.7 Å². The molecule has 12 rings (SSSR count). The molecule has 6 heteroatoms. The lowest BCUT2D eigenvalue weighted by molar-refractivity contribution is 0.667. The van der Waals surface area contributed by atoms with E-state index >= 15 is 0 Å². The van der Waals surface area contributed by atoms with Gasteiger partial charge in [-0.15, -0.1) is 22.7 Å². The first kappa shape index (κ1) is 28.4. The van der Waals surface area contributed by atoms with Gasteiger partial charge in [-0.1, -0.05) is 103 Å². The van der Waals surface area contributed by atoms with Gasteiger partial charge < -0.3 is 8.98 Å². The number of fused-ring (bicyclic) bond motifs is 13. The highest BCUT2D eigenvalue weighted by Gasteiger charge is 2.22. The molecule has 0 N–H and O–H groups in total. The molecule has 5 aromatic heterocycles. The second-order valence-electron chi connectivity index (χ2n) is 13.3. The fraction of sp³-hybridized carbons (Fsp3) is 0. The molecular formula is C46H25N3OS2. The van der Waals surface area contributed by atoms with Crippen LogP contribution in [-0.2, 0) is 0 Å². The summed E-state index contributed by atoms with van der Waals surface area (Å²) >= 11 is 3.70. The highest BCUT2D eigenvalue weighted by Crippen LogP contribution is 2.45. The second-order valence-corrected chi connectivity index (χ2v) is 15.4. The van der Waals surface area contributed by atoms with Crippen molar-refractivity contribution in [3.8, 4) is 28.3 Å². The molecule has 0 spiro atoms. The third kappa shape index (κ3) is 3.90. The molecule has 0 saturated heterocycles. The standard InChI is InChI=1S/C46H25N3OS2/c1-2-11-26(12-3-1)41-44-42(32-15-5-8-18-36(32)50-44)48-46(47-41)33-16-10-20-39-40(33)34-25-27(21-24-38(34)51-39)49-35-17-7-4-13-28(35)30-22-23-31-29-14-6-9-19-37(29)52-45(31)43(30)49/h1-25H. The van der Waals surface area contributed by atoms with Gasteiger partial charge in [0.1, 0.15) is 16.8 Å². The minimum absolute atomic E-state index is 0.692. The lowest BCUT2D eigenvalue weighted by Gasteiger charge is -2.10. The van der Waals surface area contributed by atoms with Gasteiger partial charge in [0.2, 0.25) is 0 Å². The van der Waals surface area contributed by atoms with Crippen LogP contribution in [0.5, 0.6) is 0 Å². The number of hydrogen-bond acceptors (Lipinski definition) is 5. The van der Waals surface area contributed by atoms with Crippen molar-refractivity contribution in [2.75, 3.05) is 0 Å². The Morgan fingerprint density at radius 2 is 1.27 bits per heavy atom. The minimum atomic E-state index is 0.692. The number of para-hydroxylation sites is 2. The molecule has 0 aliphatic heterocycles. The molecule has 0 radical (unpaired) electrons. The summed E-state index contributed by atoms with van der Waals surface area (Å²) in [6.07, 6.45) is 0. The summed E-state index contributed by atoms with van der Waals surface area (Å²) in [5.41, 5.74) is 8.75. The molecule has 0 aliphatic rings. The first-order valence-corrected chi connectivity index (χ1v) is 19.0. The number of benzene rings is 7. The zero-order valence-corrected chi connectivity index (χ0v) is 29.1. The molecule has 242 valence electrons. The lowest BCUT2D eigenvalue weighted by atomic mass is 10.0. The van der Waals surface area contributed by atoms with E-state index in [9.17, 15) is 0 Å². The smallest absolute Gasteiger partial charge is 0.180 e. The van der Waals surface area contributed by atoms with Gasteiger partial charge in [-0.25, -0.2) is 9.97 Å². The number of nitrogens with zero attached hydrogens (tertiary/aromatic N) is 3. The largest absolute Gasteiger partial charge is 0.452 e. The van der Waals surface area contributed by atoms with Crippen molar-refractivity contribution in [2.45, 2.75) is 0 Å². The molecular weight excluding hydrogens is 675 g/mol. The van der Waals surface area contributed by atoms with E-state index in [2.05, 4.69) is 120 Å². The molecule has 0 aliphatic carbocycles. The number of aromatic nitrogens is 3. The van der Waals surface area contributed by atoms with Crippen molar-refractivity contribution in [3.63, 3.8) is 0 Å². The van der Waals surface area contributed by atoms with Crippen molar-refractivity contribution >= 4 is 107 Å². The fourth-order valence-corrected chi connectivity index (χ4v) is 10.5. The summed E-state index contributed by atoms with van der Waals surface area (Å²) in [4.78, 5) is 10.5. The van der Waals surface area contributed by atoms with Gasteiger partial charge in [-0.05, 0) is 48.5 Å². The number of furan rings is 1. The molecule has 7 aromatic carbocycles. The van der Waals surface area contributed by atoms with Gasteiger partial charge in [0.15, 0.2) is 11.4 Å². The number of thiophene rings is 2. The van der Waals surface area contributed by atoms with Crippen molar-refractivity contribution in [2.24, 2.45) is 0 Å². The van der Waals surface area contributed by atoms with Crippen molar-refractivity contribution in [1.82, 2.24) is 14.5 Å². The molecule has 0 amide bonds. The average molecular weight is 700 g/mol. The first-order valence-electron chi connectivity index (χ1n) is 17.3. The SMILES string of the molecule is c1ccc(-c2nc(-c3cccc4sc5ccc(-n6c7ccccc7c7ccc8c9ccccc9sc8c76)cc5c34)nc3c2oc2ccccc23)cc1. The van der Waals surface area contributed by atoms with E-state index in [1.807, 2.05) is 59.1 Å². The lowest BCUT2D eigenvalue weighted by Crippen LogP contribution is -1.95. The van der Waals surface area contributed by atoms with Crippen LogP contribution < -0.4 is 0 Å². The predicted molar refractivity (Wildman–Crippen MR) is 220 cm³/mol. The zero-order valence-electron chi connectivity index (χ0n) is 27.5. The van der Waals surface area contributed by atoms with E-state index in [0.717, 1.165) is 39.0 Å². The maximum absolute atomic E-state index is 6.42. The van der Waals surface area contributed by atoms with E-state index in [0.29, 0.717) is 11.4 Å². The quantitative estimate of drug-likeness (QED) is 0.184. The average Bonchev–Trinajstić information content (AvgIpc) is 3.96. The normalized spacial score (nSPS) is 12.2. The summed E-state index contributed by atoms with van der Waals surface area (Å²) in [7, 11) is 0. The fourth-order valence-electron chi connectivity index (χ4n) is 8.14. The van der Waals surface area contributed by atoms with Gasteiger partial charge in [0.25, 0.3) is 0 Å². The predicted octanol–water partition coefficient (Wildman–Crippen LogP) is 13.5. The van der Waals surface area contributed by atoms with E-state index in [-0.39, 0.29) is 0 Å². The summed E-state index contributed by atoms with van der Waals surface area (Å²) in [5.74, 6) is 0.692. The van der Waals surface area contributed by atoms with Crippen LogP contribution in [0.15, 0.2) is 156 Å². The van der Waals surface area contributed by atoms with Gasteiger partial charge >= 0.3 is 0 Å². The van der Waals surface area contributed by atoms with Crippen LogP contribution in [0.4, 0.5) is 0 Å². The monoisotopic (exact) mass is 699 g/mol.